The minimum atomic E-state index is -5.28. The van der Waals surface area contributed by atoms with Gasteiger partial charge in [0.15, 0.2) is 0 Å². The maximum absolute atomic E-state index is 13.7. The number of alkyl halides is 3. The number of hydroxylamine groups is 1. The van der Waals surface area contributed by atoms with Crippen LogP contribution in [-0.2, 0) is 22.6 Å². The van der Waals surface area contributed by atoms with Gasteiger partial charge in [0.1, 0.15) is 0 Å². The molecule has 0 aliphatic carbocycles. The fourth-order valence-corrected chi connectivity index (χ4v) is 5.06. The first-order chi connectivity index (χ1) is 19.7. The van der Waals surface area contributed by atoms with Crippen molar-refractivity contribution in [2.75, 3.05) is 31.2 Å². The van der Waals surface area contributed by atoms with E-state index in [-0.39, 0.29) is 18.8 Å². The zero-order valence-electron chi connectivity index (χ0n) is 22.6. The summed E-state index contributed by atoms with van der Waals surface area (Å²) < 4.78 is 39.3. The molecule has 0 saturated carbocycles. The molecule has 41 heavy (non-hydrogen) atoms. The minimum Gasteiger partial charge on any atom is -0.323 e. The van der Waals surface area contributed by atoms with E-state index in [2.05, 4.69) is 34.0 Å². The lowest BCUT2D eigenvalue weighted by molar-refractivity contribution is -0.200. The third-order valence-corrected chi connectivity index (χ3v) is 7.36. The molecule has 0 N–H and O–H groups in total. The van der Waals surface area contributed by atoms with E-state index in [1.807, 2.05) is 36.4 Å². The lowest BCUT2D eigenvalue weighted by atomic mass is 9.90. The lowest BCUT2D eigenvalue weighted by Gasteiger charge is -2.33. The Morgan fingerprint density at radius 2 is 1.46 bits per heavy atom. The summed E-state index contributed by atoms with van der Waals surface area (Å²) in [5, 5.41) is 0.710. The molecule has 0 spiro atoms. The Hall–Kier alpha value is -3.56. The molecule has 0 radical (unpaired) electrons. The van der Waals surface area contributed by atoms with Gasteiger partial charge in [-0.2, -0.15) is 13.2 Å². The van der Waals surface area contributed by atoms with Crippen molar-refractivity contribution in [2.24, 2.45) is 5.92 Å². The largest absolute Gasteiger partial charge is 0.493 e. The topological polar surface area (TPSA) is 53.1 Å². The molecule has 0 aromatic heterocycles. The number of anilines is 1. The van der Waals surface area contributed by atoms with Crippen molar-refractivity contribution < 1.29 is 27.6 Å². The van der Waals surface area contributed by atoms with Gasteiger partial charge < -0.3 is 14.6 Å². The molecule has 3 aromatic rings. The zero-order chi connectivity index (χ0) is 29.2. The summed E-state index contributed by atoms with van der Waals surface area (Å²) in [6.45, 7) is 3.02. The Morgan fingerprint density at radius 3 is 2.05 bits per heavy atom. The maximum Gasteiger partial charge on any atom is 0.493 e. The molecule has 0 atom stereocenters. The van der Waals surface area contributed by atoms with E-state index < -0.39 is 18.2 Å². The number of piperidine rings is 1. The van der Waals surface area contributed by atoms with Crippen molar-refractivity contribution in [2.45, 2.75) is 38.4 Å². The highest BCUT2D eigenvalue weighted by Crippen LogP contribution is 2.25. The van der Waals surface area contributed by atoms with Gasteiger partial charge in [0.05, 0.1) is 5.69 Å². The van der Waals surface area contributed by atoms with Crippen LogP contribution in [0.3, 0.4) is 0 Å². The molecule has 1 heterocycles. The molecule has 1 saturated heterocycles. The molecule has 1 fully saturated rings. The van der Waals surface area contributed by atoms with Crippen LogP contribution < -0.4 is 5.06 Å². The van der Waals surface area contributed by atoms with Crippen LogP contribution >= 0.6 is 11.6 Å². The van der Waals surface area contributed by atoms with Crippen LogP contribution in [0, 0.1) is 5.92 Å². The van der Waals surface area contributed by atoms with Crippen LogP contribution in [-0.4, -0.2) is 54.2 Å². The molecule has 10 heteroatoms. The quantitative estimate of drug-likeness (QED) is 0.250. The molecule has 2 amide bonds. The average Bonchev–Trinajstić information content (AvgIpc) is 2.97. The standard InChI is InChI=1S/C31H33ClF3N3O3/c32-27-12-14-28(15-13-27)38(41-29(39)31(33,34)35)30(40)37(23-26-10-5-2-6-11-26)19-7-18-36-20-16-25(17-21-36)22-24-8-3-1-4-9-24/h1-6,8-15,25H,7,16-23H2. The van der Waals surface area contributed by atoms with E-state index in [9.17, 15) is 22.8 Å². The van der Waals surface area contributed by atoms with Crippen molar-refractivity contribution in [3.05, 3.63) is 101 Å². The summed E-state index contributed by atoms with van der Waals surface area (Å²) in [4.78, 5) is 33.8. The van der Waals surface area contributed by atoms with Gasteiger partial charge in [0.2, 0.25) is 0 Å². The number of carbonyl (C=O) groups is 2. The van der Waals surface area contributed by atoms with Crippen LogP contribution in [0.15, 0.2) is 84.9 Å². The van der Waals surface area contributed by atoms with Crippen molar-refractivity contribution in [1.82, 2.24) is 9.80 Å². The highest BCUT2D eigenvalue weighted by molar-refractivity contribution is 6.30. The van der Waals surface area contributed by atoms with Gasteiger partial charge in [-0.05, 0) is 86.6 Å². The number of hydrogen-bond donors (Lipinski definition) is 0. The Morgan fingerprint density at radius 1 is 0.878 bits per heavy atom. The Bertz CT molecular complexity index is 1250. The van der Waals surface area contributed by atoms with E-state index in [1.165, 1.54) is 34.7 Å². The van der Waals surface area contributed by atoms with Gasteiger partial charge in [0.25, 0.3) is 0 Å². The summed E-state index contributed by atoms with van der Waals surface area (Å²) in [5.41, 5.74) is 2.09. The Balaban J connectivity index is 1.42. The summed E-state index contributed by atoms with van der Waals surface area (Å²) in [5.74, 6) is -1.86. The number of amides is 2. The van der Waals surface area contributed by atoms with Gasteiger partial charge in [-0.15, -0.1) is 5.06 Å². The van der Waals surface area contributed by atoms with Gasteiger partial charge in [0, 0.05) is 18.1 Å². The van der Waals surface area contributed by atoms with Crippen LogP contribution in [0.4, 0.5) is 23.7 Å². The minimum absolute atomic E-state index is 0.0458. The van der Waals surface area contributed by atoms with Gasteiger partial charge in [-0.1, -0.05) is 72.3 Å². The smallest absolute Gasteiger partial charge is 0.323 e. The molecule has 0 bridgehead atoms. The van der Waals surface area contributed by atoms with Crippen molar-refractivity contribution in [1.29, 1.82) is 0 Å². The summed E-state index contributed by atoms with van der Waals surface area (Å²) >= 11 is 5.93. The molecular formula is C31H33ClF3N3O3. The van der Waals surface area contributed by atoms with Crippen molar-refractivity contribution in [3.63, 3.8) is 0 Å². The van der Waals surface area contributed by atoms with Gasteiger partial charge in [-0.25, -0.2) is 9.59 Å². The highest BCUT2D eigenvalue weighted by atomic mass is 35.5. The normalized spacial score (nSPS) is 14.4. The van der Waals surface area contributed by atoms with E-state index >= 15 is 0 Å². The molecule has 6 nitrogen and oxygen atoms in total. The van der Waals surface area contributed by atoms with Crippen molar-refractivity contribution >= 4 is 29.3 Å². The number of urea groups is 1. The van der Waals surface area contributed by atoms with Gasteiger partial charge >= 0.3 is 18.2 Å². The zero-order valence-corrected chi connectivity index (χ0v) is 23.4. The number of benzene rings is 3. The summed E-state index contributed by atoms with van der Waals surface area (Å²) in [6, 6.07) is 24.2. The second kappa shape index (κ2) is 14.4. The van der Waals surface area contributed by atoms with Gasteiger partial charge in [-0.3, -0.25) is 0 Å². The molecule has 3 aromatic carbocycles. The summed E-state index contributed by atoms with van der Waals surface area (Å²) in [6.07, 6.45) is -1.45. The van der Waals surface area contributed by atoms with E-state index in [0.29, 0.717) is 22.4 Å². The second-order valence-corrected chi connectivity index (χ2v) is 10.6. The fourth-order valence-electron chi connectivity index (χ4n) is 4.93. The SMILES string of the molecule is O=C(N(CCCN1CCC(Cc2ccccc2)CC1)Cc1ccccc1)N(OC(=O)C(F)(F)F)c1ccc(Cl)cc1. The van der Waals surface area contributed by atoms with E-state index in [4.69, 9.17) is 11.6 Å². The highest BCUT2D eigenvalue weighted by Gasteiger charge is 2.44. The summed E-state index contributed by atoms with van der Waals surface area (Å²) in [7, 11) is 0. The van der Waals surface area contributed by atoms with Crippen LogP contribution in [0.5, 0.6) is 0 Å². The molecular weight excluding hydrogens is 555 g/mol. The fraction of sp³-hybridized carbons (Fsp3) is 0.355. The number of halogens is 4. The number of rotatable bonds is 9. The first-order valence-corrected chi connectivity index (χ1v) is 14.0. The number of carbonyl (C=O) groups excluding carboxylic acids is 2. The van der Waals surface area contributed by atoms with E-state index in [1.54, 1.807) is 0 Å². The predicted molar refractivity (Wildman–Crippen MR) is 152 cm³/mol. The maximum atomic E-state index is 13.7. The first kappa shape index (κ1) is 30.4. The van der Waals surface area contributed by atoms with Crippen molar-refractivity contribution in [3.8, 4) is 0 Å². The monoisotopic (exact) mass is 587 g/mol. The molecule has 4 rings (SSSR count). The average molecular weight is 588 g/mol. The van der Waals surface area contributed by atoms with E-state index in [0.717, 1.165) is 44.5 Å². The third-order valence-electron chi connectivity index (χ3n) is 7.10. The van der Waals surface area contributed by atoms with Crippen LogP contribution in [0.25, 0.3) is 0 Å². The Kier molecular flexibility index (Phi) is 10.7. The predicted octanol–water partition coefficient (Wildman–Crippen LogP) is 7.13. The molecule has 1 aliphatic rings. The molecule has 1 aliphatic heterocycles. The Labute approximate surface area is 243 Å². The number of nitrogens with zero attached hydrogens (tertiary/aromatic N) is 3. The third kappa shape index (κ3) is 9.23. The first-order valence-electron chi connectivity index (χ1n) is 13.6. The lowest BCUT2D eigenvalue weighted by Crippen LogP contribution is -2.47. The molecule has 218 valence electrons. The number of likely N-dealkylation sites (tertiary alicyclic amines) is 1. The van der Waals surface area contributed by atoms with Crippen LogP contribution in [0.2, 0.25) is 5.02 Å². The molecule has 0 unspecified atom stereocenters. The second-order valence-electron chi connectivity index (χ2n) is 10.2. The van der Waals surface area contributed by atoms with Crippen LogP contribution in [0.1, 0.15) is 30.4 Å². The number of hydrogen-bond acceptors (Lipinski definition) is 4.